The summed E-state index contributed by atoms with van der Waals surface area (Å²) in [6.07, 6.45) is 0.943. The van der Waals surface area contributed by atoms with Gasteiger partial charge in [-0.05, 0) is 37.1 Å². The highest BCUT2D eigenvalue weighted by molar-refractivity contribution is 7.89. The van der Waals surface area contributed by atoms with Gasteiger partial charge in [0.25, 0.3) is 0 Å². The minimum Gasteiger partial charge on any atom is -0.465 e. The lowest BCUT2D eigenvalue weighted by Crippen LogP contribution is -2.50. The molecule has 21 heavy (non-hydrogen) atoms. The minimum atomic E-state index is -3.77. The summed E-state index contributed by atoms with van der Waals surface area (Å²) in [4.78, 5) is 11.4. The number of methoxy groups -OCH3 is 1. The predicted octanol–water partition coefficient (Wildman–Crippen LogP) is 1.30. The van der Waals surface area contributed by atoms with Gasteiger partial charge in [0, 0.05) is 0 Å². The summed E-state index contributed by atoms with van der Waals surface area (Å²) in [7, 11) is -2.51. The van der Waals surface area contributed by atoms with Crippen molar-refractivity contribution in [1.82, 2.24) is 4.72 Å². The largest absolute Gasteiger partial charge is 0.465 e. The van der Waals surface area contributed by atoms with Gasteiger partial charge in [0.2, 0.25) is 10.0 Å². The highest BCUT2D eigenvalue weighted by Crippen LogP contribution is 2.19. The van der Waals surface area contributed by atoms with Crippen LogP contribution in [0.4, 0.5) is 0 Å². The number of rotatable bonds is 7. The maximum Gasteiger partial charge on any atom is 0.337 e. The maximum atomic E-state index is 12.3. The molecule has 0 saturated heterocycles. The van der Waals surface area contributed by atoms with Gasteiger partial charge >= 0.3 is 5.97 Å². The zero-order chi connectivity index (χ0) is 16.1. The first-order valence-electron chi connectivity index (χ1n) is 6.67. The third-order valence-corrected chi connectivity index (χ3v) is 5.19. The van der Waals surface area contributed by atoms with Gasteiger partial charge in [-0.2, -0.15) is 0 Å². The molecule has 0 atom stereocenters. The van der Waals surface area contributed by atoms with Gasteiger partial charge in [0.1, 0.15) is 0 Å². The zero-order valence-corrected chi connectivity index (χ0v) is 13.2. The van der Waals surface area contributed by atoms with Gasteiger partial charge in [0.05, 0.1) is 29.7 Å². The van der Waals surface area contributed by atoms with Crippen LogP contribution in [-0.4, -0.2) is 38.7 Å². The van der Waals surface area contributed by atoms with Crippen molar-refractivity contribution in [2.45, 2.75) is 37.1 Å². The van der Waals surface area contributed by atoms with Crippen molar-refractivity contribution >= 4 is 16.0 Å². The van der Waals surface area contributed by atoms with Crippen molar-refractivity contribution in [2.24, 2.45) is 0 Å². The number of nitrogens with one attached hydrogen (secondary N) is 1. The Morgan fingerprint density at radius 3 is 2.14 bits per heavy atom. The molecule has 0 radical (unpaired) electrons. The lowest BCUT2D eigenvalue weighted by molar-refractivity contribution is 0.0600. The molecule has 0 aliphatic carbocycles. The average Bonchev–Trinajstić information content (AvgIpc) is 2.52. The molecule has 0 amide bonds. The normalized spacial score (nSPS) is 12.2. The molecular weight excluding hydrogens is 294 g/mol. The Kier molecular flexibility index (Phi) is 5.88. The summed E-state index contributed by atoms with van der Waals surface area (Å²) in [6.45, 7) is 3.34. The summed E-state index contributed by atoms with van der Waals surface area (Å²) in [5.74, 6) is -0.529. The Balaban J connectivity index is 3.05. The Morgan fingerprint density at radius 1 is 1.24 bits per heavy atom. The first-order valence-corrected chi connectivity index (χ1v) is 8.15. The standard InChI is InChI=1S/C14H21NO5S/c1-4-14(5-2,10-16)15-21(18,19)12-8-6-11(7-9-12)13(17)20-3/h6-9,15-16H,4-5,10H2,1-3H3. The van der Waals surface area contributed by atoms with E-state index in [0.29, 0.717) is 12.8 Å². The van der Waals surface area contributed by atoms with Crippen LogP contribution < -0.4 is 4.72 Å². The number of esters is 1. The molecule has 0 aromatic heterocycles. The third kappa shape index (κ3) is 4.03. The van der Waals surface area contributed by atoms with Gasteiger partial charge in [0.15, 0.2) is 0 Å². The fourth-order valence-electron chi connectivity index (χ4n) is 1.88. The number of aliphatic hydroxyl groups excluding tert-OH is 1. The van der Waals surface area contributed by atoms with Crippen molar-refractivity contribution < 1.29 is 23.1 Å². The fraction of sp³-hybridized carbons (Fsp3) is 0.500. The summed E-state index contributed by atoms with van der Waals surface area (Å²) in [6, 6.07) is 5.45. The molecule has 0 aliphatic rings. The first kappa shape index (κ1) is 17.6. The van der Waals surface area contributed by atoms with Gasteiger partial charge in [-0.25, -0.2) is 17.9 Å². The molecule has 1 rings (SSSR count). The van der Waals surface area contributed by atoms with E-state index in [4.69, 9.17) is 0 Å². The van der Waals surface area contributed by atoms with Gasteiger partial charge in [-0.15, -0.1) is 0 Å². The zero-order valence-electron chi connectivity index (χ0n) is 12.4. The van der Waals surface area contributed by atoms with Crippen molar-refractivity contribution in [3.05, 3.63) is 29.8 Å². The summed E-state index contributed by atoms with van der Waals surface area (Å²) in [5.41, 5.74) is -0.601. The van der Waals surface area contributed by atoms with Gasteiger partial charge in [-0.3, -0.25) is 0 Å². The number of benzene rings is 1. The van der Waals surface area contributed by atoms with Crippen LogP contribution in [0.5, 0.6) is 0 Å². The predicted molar refractivity (Wildman–Crippen MR) is 78.5 cm³/mol. The van der Waals surface area contributed by atoms with E-state index in [-0.39, 0.29) is 17.1 Å². The smallest absolute Gasteiger partial charge is 0.337 e. The topological polar surface area (TPSA) is 92.7 Å². The molecule has 0 unspecified atom stereocenters. The fourth-order valence-corrected chi connectivity index (χ4v) is 3.42. The Labute approximate surface area is 125 Å². The van der Waals surface area contributed by atoms with Gasteiger partial charge in [-0.1, -0.05) is 13.8 Å². The molecule has 0 spiro atoms. The van der Waals surface area contributed by atoms with E-state index in [9.17, 15) is 18.3 Å². The molecule has 0 aliphatic heterocycles. The van der Waals surface area contributed by atoms with Crippen LogP contribution in [0.2, 0.25) is 0 Å². The van der Waals surface area contributed by atoms with Crippen molar-refractivity contribution in [1.29, 1.82) is 0 Å². The summed E-state index contributed by atoms with van der Waals surface area (Å²) >= 11 is 0. The van der Waals surface area contributed by atoms with Crippen LogP contribution in [0, 0.1) is 0 Å². The highest BCUT2D eigenvalue weighted by Gasteiger charge is 2.31. The van der Waals surface area contributed by atoms with E-state index >= 15 is 0 Å². The quantitative estimate of drug-likeness (QED) is 0.740. The summed E-state index contributed by atoms with van der Waals surface area (Å²) in [5, 5.41) is 9.45. The molecule has 118 valence electrons. The van der Waals surface area contributed by atoms with Crippen LogP contribution in [0.3, 0.4) is 0 Å². The second-order valence-electron chi connectivity index (χ2n) is 4.77. The van der Waals surface area contributed by atoms with Crippen LogP contribution in [0.15, 0.2) is 29.2 Å². The maximum absolute atomic E-state index is 12.3. The van der Waals surface area contributed by atoms with E-state index in [1.807, 2.05) is 13.8 Å². The second kappa shape index (κ2) is 7.02. The number of carbonyl (C=O) groups is 1. The minimum absolute atomic E-state index is 0.0369. The second-order valence-corrected chi connectivity index (χ2v) is 6.45. The molecule has 0 heterocycles. The number of hydrogen-bond acceptors (Lipinski definition) is 5. The van der Waals surface area contributed by atoms with Crippen molar-refractivity contribution in [3.63, 3.8) is 0 Å². The molecule has 2 N–H and O–H groups in total. The lowest BCUT2D eigenvalue weighted by atomic mass is 9.96. The van der Waals surface area contributed by atoms with Crippen molar-refractivity contribution in [3.8, 4) is 0 Å². The first-order chi connectivity index (χ1) is 9.84. The Bertz CT molecular complexity index is 568. The monoisotopic (exact) mass is 315 g/mol. The number of aliphatic hydroxyl groups is 1. The molecule has 0 saturated carbocycles. The number of ether oxygens (including phenoxy) is 1. The van der Waals surface area contributed by atoms with Crippen molar-refractivity contribution in [2.75, 3.05) is 13.7 Å². The van der Waals surface area contributed by atoms with E-state index in [2.05, 4.69) is 9.46 Å². The molecule has 6 nitrogen and oxygen atoms in total. The third-order valence-electron chi connectivity index (χ3n) is 3.59. The molecule has 7 heteroatoms. The molecule has 0 bridgehead atoms. The number of carbonyl (C=O) groups excluding carboxylic acids is 1. The molecular formula is C14H21NO5S. The van der Waals surface area contributed by atoms with E-state index in [0.717, 1.165) is 0 Å². The Hall–Kier alpha value is -1.44. The van der Waals surface area contributed by atoms with E-state index in [1.54, 1.807) is 0 Å². The number of sulfonamides is 1. The van der Waals surface area contributed by atoms with Crippen LogP contribution >= 0.6 is 0 Å². The lowest BCUT2D eigenvalue weighted by Gasteiger charge is -2.30. The van der Waals surface area contributed by atoms with Crippen LogP contribution in [0.1, 0.15) is 37.0 Å². The van der Waals surface area contributed by atoms with Gasteiger partial charge < -0.3 is 9.84 Å². The molecule has 0 fully saturated rings. The van der Waals surface area contributed by atoms with E-state index < -0.39 is 21.5 Å². The summed E-state index contributed by atoms with van der Waals surface area (Å²) < 4.78 is 31.8. The average molecular weight is 315 g/mol. The molecule has 1 aromatic carbocycles. The van der Waals surface area contributed by atoms with Crippen LogP contribution in [0.25, 0.3) is 0 Å². The Morgan fingerprint density at radius 2 is 1.76 bits per heavy atom. The SMILES string of the molecule is CCC(CC)(CO)NS(=O)(=O)c1ccc(C(=O)OC)cc1. The van der Waals surface area contributed by atoms with Crippen LogP contribution in [-0.2, 0) is 14.8 Å². The molecule has 1 aromatic rings. The highest BCUT2D eigenvalue weighted by atomic mass is 32.2. The number of hydrogen-bond donors (Lipinski definition) is 2. The van der Waals surface area contributed by atoms with E-state index in [1.165, 1.54) is 31.4 Å².